The van der Waals surface area contributed by atoms with Gasteiger partial charge in [-0.15, -0.1) is 0 Å². The second-order valence-corrected chi connectivity index (χ2v) is 5.02. The summed E-state index contributed by atoms with van der Waals surface area (Å²) in [5.41, 5.74) is 2.70. The lowest BCUT2D eigenvalue weighted by molar-refractivity contribution is 0.183. The number of anilines is 1. The minimum atomic E-state index is 0.489. The van der Waals surface area contributed by atoms with E-state index in [9.17, 15) is 0 Å². The fourth-order valence-corrected chi connectivity index (χ4v) is 2.70. The van der Waals surface area contributed by atoms with Crippen molar-refractivity contribution >= 4 is 5.69 Å². The zero-order chi connectivity index (χ0) is 13.0. The Morgan fingerprint density at radius 1 is 1.33 bits per heavy atom. The van der Waals surface area contributed by atoms with Crippen molar-refractivity contribution in [3.63, 3.8) is 0 Å². The summed E-state index contributed by atoms with van der Waals surface area (Å²) in [5.74, 6) is 0.578. The molecule has 0 amide bonds. The number of likely N-dealkylation sites (N-methyl/N-ethyl adjacent to an activating group) is 1. The molecule has 1 N–H and O–H groups in total. The van der Waals surface area contributed by atoms with Crippen LogP contribution in [-0.2, 0) is 4.74 Å². The summed E-state index contributed by atoms with van der Waals surface area (Å²) in [6.45, 7) is 8.21. The highest BCUT2D eigenvalue weighted by atomic mass is 16.5. The van der Waals surface area contributed by atoms with E-state index in [0.717, 1.165) is 26.3 Å². The number of para-hydroxylation sites is 1. The van der Waals surface area contributed by atoms with Crippen molar-refractivity contribution in [1.29, 1.82) is 0 Å². The van der Waals surface area contributed by atoms with Crippen LogP contribution in [0.1, 0.15) is 12.5 Å². The quantitative estimate of drug-likeness (QED) is 0.863. The Balaban J connectivity index is 2.08. The zero-order valence-corrected chi connectivity index (χ0v) is 11.6. The lowest BCUT2D eigenvalue weighted by Crippen LogP contribution is -2.40. The van der Waals surface area contributed by atoms with Gasteiger partial charge < -0.3 is 15.0 Å². The summed E-state index contributed by atoms with van der Waals surface area (Å²) in [7, 11) is 2.02. The van der Waals surface area contributed by atoms with Gasteiger partial charge in [0, 0.05) is 30.7 Å². The van der Waals surface area contributed by atoms with Crippen molar-refractivity contribution in [3.05, 3.63) is 29.8 Å². The molecule has 1 aliphatic rings. The maximum atomic E-state index is 5.58. The van der Waals surface area contributed by atoms with Crippen LogP contribution in [0.15, 0.2) is 24.3 Å². The Morgan fingerprint density at radius 2 is 2.11 bits per heavy atom. The molecule has 1 aromatic carbocycles. The fraction of sp³-hybridized carbons (Fsp3) is 0.600. The average molecular weight is 248 g/mol. The molecule has 1 aliphatic heterocycles. The first kappa shape index (κ1) is 13.4. The monoisotopic (exact) mass is 248 g/mol. The predicted molar refractivity (Wildman–Crippen MR) is 76.2 cm³/mol. The summed E-state index contributed by atoms with van der Waals surface area (Å²) in [6.07, 6.45) is 0. The maximum Gasteiger partial charge on any atom is 0.0623 e. The third-order valence-electron chi connectivity index (χ3n) is 3.86. The van der Waals surface area contributed by atoms with E-state index in [-0.39, 0.29) is 0 Å². The first-order chi connectivity index (χ1) is 8.76. The highest BCUT2D eigenvalue weighted by Gasteiger charge is 2.28. The molecule has 0 radical (unpaired) electrons. The Hall–Kier alpha value is -1.06. The molecule has 0 saturated carbocycles. The summed E-state index contributed by atoms with van der Waals surface area (Å²) < 4.78 is 5.58. The van der Waals surface area contributed by atoms with Crippen LogP contribution in [0.5, 0.6) is 0 Å². The Morgan fingerprint density at radius 3 is 2.78 bits per heavy atom. The Kier molecular flexibility index (Phi) is 4.61. The molecule has 1 saturated heterocycles. The van der Waals surface area contributed by atoms with Gasteiger partial charge in [-0.05, 0) is 32.5 Å². The molecule has 0 aliphatic carbocycles. The Labute approximate surface area is 110 Å². The van der Waals surface area contributed by atoms with Crippen molar-refractivity contribution in [3.8, 4) is 0 Å². The van der Waals surface area contributed by atoms with Crippen LogP contribution in [0.25, 0.3) is 0 Å². The average Bonchev–Trinajstić information content (AvgIpc) is 2.84. The van der Waals surface area contributed by atoms with E-state index in [4.69, 9.17) is 4.74 Å². The van der Waals surface area contributed by atoms with Crippen LogP contribution in [0, 0.1) is 12.8 Å². The van der Waals surface area contributed by atoms with Crippen LogP contribution in [-0.4, -0.2) is 39.4 Å². The van der Waals surface area contributed by atoms with Gasteiger partial charge in [-0.25, -0.2) is 0 Å². The maximum absolute atomic E-state index is 5.58. The predicted octanol–water partition coefficient (Wildman–Crippen LogP) is 2.06. The van der Waals surface area contributed by atoms with E-state index in [0.29, 0.717) is 12.0 Å². The van der Waals surface area contributed by atoms with Crippen LogP contribution in [0.3, 0.4) is 0 Å². The number of ether oxygens (including phenoxy) is 1. The van der Waals surface area contributed by atoms with Crippen LogP contribution >= 0.6 is 0 Å². The van der Waals surface area contributed by atoms with Crippen molar-refractivity contribution in [2.24, 2.45) is 5.92 Å². The van der Waals surface area contributed by atoms with Crippen LogP contribution in [0.4, 0.5) is 5.69 Å². The number of nitrogens with one attached hydrogen (secondary N) is 1. The first-order valence-corrected chi connectivity index (χ1v) is 6.81. The summed E-state index contributed by atoms with van der Waals surface area (Å²) in [5, 5.41) is 3.36. The molecule has 1 heterocycles. The van der Waals surface area contributed by atoms with Gasteiger partial charge in [-0.3, -0.25) is 0 Å². The first-order valence-electron chi connectivity index (χ1n) is 6.81. The fourth-order valence-electron chi connectivity index (χ4n) is 2.70. The molecule has 2 atom stereocenters. The van der Waals surface area contributed by atoms with E-state index < -0.39 is 0 Å². The largest absolute Gasteiger partial charge is 0.379 e. The second-order valence-electron chi connectivity index (χ2n) is 5.02. The van der Waals surface area contributed by atoms with Crippen molar-refractivity contribution in [2.75, 3.05) is 38.3 Å². The van der Waals surface area contributed by atoms with Gasteiger partial charge in [0.1, 0.15) is 0 Å². The number of hydrogen-bond acceptors (Lipinski definition) is 3. The number of nitrogens with zero attached hydrogens (tertiary/aromatic N) is 1. The molecule has 3 heteroatoms. The highest BCUT2D eigenvalue weighted by molar-refractivity contribution is 5.52. The lowest BCUT2D eigenvalue weighted by Gasteiger charge is -2.29. The molecule has 100 valence electrons. The molecule has 1 aromatic rings. The number of hydrogen-bond donors (Lipinski definition) is 1. The third-order valence-corrected chi connectivity index (χ3v) is 3.86. The normalized spacial score (nSPS) is 23.3. The molecule has 2 rings (SSSR count). The zero-order valence-electron chi connectivity index (χ0n) is 11.6. The molecule has 1 fully saturated rings. The van der Waals surface area contributed by atoms with Gasteiger partial charge in [0.15, 0.2) is 0 Å². The summed E-state index contributed by atoms with van der Waals surface area (Å²) in [4.78, 5) is 2.46. The second kappa shape index (κ2) is 6.21. The molecule has 0 bridgehead atoms. The Bertz CT molecular complexity index is 381. The third kappa shape index (κ3) is 2.85. The molecular formula is C15H24N2O. The number of benzene rings is 1. The van der Waals surface area contributed by atoms with Gasteiger partial charge in [-0.1, -0.05) is 18.2 Å². The summed E-state index contributed by atoms with van der Waals surface area (Å²) in [6, 6.07) is 9.10. The topological polar surface area (TPSA) is 24.5 Å². The van der Waals surface area contributed by atoms with E-state index >= 15 is 0 Å². The van der Waals surface area contributed by atoms with E-state index in [1.54, 1.807) is 0 Å². The highest BCUT2D eigenvalue weighted by Crippen LogP contribution is 2.23. The standard InChI is InChI=1S/C15H24N2O/c1-4-17(15-8-6-5-7-12(15)2)9-13-10-18-11-14(13)16-3/h5-8,13-14,16H,4,9-11H2,1-3H3. The number of rotatable bonds is 5. The van der Waals surface area contributed by atoms with Crippen molar-refractivity contribution < 1.29 is 4.74 Å². The van der Waals surface area contributed by atoms with E-state index in [1.807, 2.05) is 7.05 Å². The molecule has 0 spiro atoms. The van der Waals surface area contributed by atoms with Gasteiger partial charge in [0.2, 0.25) is 0 Å². The van der Waals surface area contributed by atoms with Crippen LogP contribution < -0.4 is 10.2 Å². The van der Waals surface area contributed by atoms with Gasteiger partial charge in [-0.2, -0.15) is 0 Å². The van der Waals surface area contributed by atoms with Crippen molar-refractivity contribution in [2.45, 2.75) is 19.9 Å². The van der Waals surface area contributed by atoms with Gasteiger partial charge >= 0.3 is 0 Å². The van der Waals surface area contributed by atoms with E-state index in [2.05, 4.69) is 48.3 Å². The summed E-state index contributed by atoms with van der Waals surface area (Å²) >= 11 is 0. The number of aryl methyl sites for hydroxylation is 1. The molecule has 2 unspecified atom stereocenters. The SMILES string of the molecule is CCN(CC1COCC1NC)c1ccccc1C. The van der Waals surface area contributed by atoms with Crippen LogP contribution in [0.2, 0.25) is 0 Å². The molecule has 18 heavy (non-hydrogen) atoms. The van der Waals surface area contributed by atoms with Crippen molar-refractivity contribution in [1.82, 2.24) is 5.32 Å². The molecular weight excluding hydrogens is 224 g/mol. The molecule has 3 nitrogen and oxygen atoms in total. The minimum absolute atomic E-state index is 0.489. The molecule has 0 aromatic heterocycles. The minimum Gasteiger partial charge on any atom is -0.379 e. The van der Waals surface area contributed by atoms with Gasteiger partial charge in [0.05, 0.1) is 13.2 Å². The lowest BCUT2D eigenvalue weighted by atomic mass is 10.0. The van der Waals surface area contributed by atoms with Gasteiger partial charge in [0.25, 0.3) is 0 Å². The van der Waals surface area contributed by atoms with E-state index in [1.165, 1.54) is 11.3 Å². The smallest absolute Gasteiger partial charge is 0.0623 e.